The van der Waals surface area contributed by atoms with Crippen LogP contribution < -0.4 is 18.9 Å². The van der Waals surface area contributed by atoms with E-state index in [2.05, 4.69) is 13.8 Å². The number of nitrogens with zero attached hydrogens (tertiary/aromatic N) is 2. The van der Waals surface area contributed by atoms with Gasteiger partial charge in [-0.05, 0) is 93.4 Å². The third-order valence-electron chi connectivity index (χ3n) is 10.3. The van der Waals surface area contributed by atoms with Crippen LogP contribution in [-0.2, 0) is 4.79 Å². The Bertz CT molecular complexity index is 2350. The molecule has 5 aromatic rings. The van der Waals surface area contributed by atoms with E-state index in [0.29, 0.717) is 24.6 Å². The Labute approximate surface area is 340 Å². The Kier molecular flexibility index (Phi) is 11.9. The number of phenols is 1. The first-order valence-electron chi connectivity index (χ1n) is 19.9. The van der Waals surface area contributed by atoms with Gasteiger partial charge in [0.25, 0.3) is 0 Å². The van der Waals surface area contributed by atoms with E-state index < -0.39 is 5.78 Å². The molecule has 2 aliphatic carbocycles. The van der Waals surface area contributed by atoms with Crippen molar-refractivity contribution in [3.05, 3.63) is 173 Å². The van der Waals surface area contributed by atoms with E-state index in [1.807, 2.05) is 126 Å². The minimum atomic E-state index is -0.480. The molecular weight excluding hydrogens is 725 g/mol. The van der Waals surface area contributed by atoms with Crippen LogP contribution in [0.2, 0.25) is 0 Å². The van der Waals surface area contributed by atoms with Crippen LogP contribution in [0.4, 0.5) is 28.4 Å². The van der Waals surface area contributed by atoms with Crippen molar-refractivity contribution in [2.45, 2.75) is 53.4 Å². The zero-order valence-corrected chi connectivity index (χ0v) is 33.4. The highest BCUT2D eigenvalue weighted by Gasteiger charge is 2.39. The number of ketones is 1. The SMILES string of the molecule is CCCCOc1ccc([N+](=C2C=C/C(=C3/C(=O)C(c4ccc(N(c5ccc(C)cc5)c5ccc(C)cc5)cc4O)=C3O)C(O)=C2)c2ccc(OCCCC)cc2)cc1. The summed E-state index contributed by atoms with van der Waals surface area (Å²) in [5.41, 5.74) is 7.39. The van der Waals surface area contributed by atoms with Gasteiger partial charge >= 0.3 is 0 Å². The number of unbranched alkanes of at least 4 members (excludes halogenated alkanes) is 2. The fourth-order valence-electron chi connectivity index (χ4n) is 6.98. The molecular formula is C50H49N2O6+. The van der Waals surface area contributed by atoms with Gasteiger partial charge in [-0.2, -0.15) is 4.58 Å². The molecule has 0 aromatic heterocycles. The maximum Gasteiger partial charge on any atom is 0.215 e. The van der Waals surface area contributed by atoms with Gasteiger partial charge in [0.2, 0.25) is 22.9 Å². The lowest BCUT2D eigenvalue weighted by atomic mass is 9.79. The van der Waals surface area contributed by atoms with Crippen molar-refractivity contribution < 1.29 is 29.6 Å². The molecule has 3 N–H and O–H groups in total. The van der Waals surface area contributed by atoms with E-state index in [1.54, 1.807) is 30.4 Å². The van der Waals surface area contributed by atoms with Crippen LogP contribution in [0, 0.1) is 13.8 Å². The average molecular weight is 774 g/mol. The number of phenolic OH excluding ortho intramolecular Hbond substituents is 1. The Balaban J connectivity index is 1.21. The second-order valence-electron chi connectivity index (χ2n) is 14.6. The Morgan fingerprint density at radius 3 is 1.55 bits per heavy atom. The summed E-state index contributed by atoms with van der Waals surface area (Å²) in [7, 11) is 0. The molecule has 294 valence electrons. The minimum Gasteiger partial charge on any atom is -0.507 e. The van der Waals surface area contributed by atoms with Crippen molar-refractivity contribution in [3.8, 4) is 17.2 Å². The molecule has 8 nitrogen and oxygen atoms in total. The van der Waals surface area contributed by atoms with Gasteiger partial charge in [0.1, 0.15) is 28.8 Å². The molecule has 0 unspecified atom stereocenters. The topological polar surface area (TPSA) is 102 Å². The van der Waals surface area contributed by atoms with E-state index in [1.165, 1.54) is 0 Å². The highest BCUT2D eigenvalue weighted by molar-refractivity contribution is 6.40. The van der Waals surface area contributed by atoms with Crippen molar-refractivity contribution in [1.29, 1.82) is 0 Å². The summed E-state index contributed by atoms with van der Waals surface area (Å²) in [4.78, 5) is 15.8. The molecule has 0 radical (unpaired) electrons. The first kappa shape index (κ1) is 39.4. The number of rotatable bonds is 14. The van der Waals surface area contributed by atoms with Gasteiger partial charge in [-0.1, -0.05) is 62.1 Å². The number of hydrogen-bond donors (Lipinski definition) is 3. The zero-order valence-electron chi connectivity index (χ0n) is 33.4. The highest BCUT2D eigenvalue weighted by atomic mass is 16.5. The van der Waals surface area contributed by atoms with Crippen molar-refractivity contribution in [3.63, 3.8) is 0 Å². The highest BCUT2D eigenvalue weighted by Crippen LogP contribution is 2.45. The Morgan fingerprint density at radius 1 is 0.603 bits per heavy atom. The summed E-state index contributed by atoms with van der Waals surface area (Å²) in [6.45, 7) is 9.58. The second kappa shape index (κ2) is 17.6. The lowest BCUT2D eigenvalue weighted by Crippen LogP contribution is -2.24. The van der Waals surface area contributed by atoms with Gasteiger partial charge < -0.3 is 29.7 Å². The van der Waals surface area contributed by atoms with E-state index in [4.69, 9.17) is 9.47 Å². The molecule has 0 saturated carbocycles. The summed E-state index contributed by atoms with van der Waals surface area (Å²) >= 11 is 0. The summed E-state index contributed by atoms with van der Waals surface area (Å²) in [5.74, 6) is 0.425. The predicted octanol–water partition coefficient (Wildman–Crippen LogP) is 12.0. The van der Waals surface area contributed by atoms with Crippen molar-refractivity contribution in [2.75, 3.05) is 18.1 Å². The van der Waals surface area contributed by atoms with Crippen molar-refractivity contribution in [1.82, 2.24) is 4.58 Å². The number of anilines is 3. The lowest BCUT2D eigenvalue weighted by molar-refractivity contribution is -0.111. The van der Waals surface area contributed by atoms with Crippen LogP contribution in [0.3, 0.4) is 0 Å². The number of benzene rings is 5. The van der Waals surface area contributed by atoms with Gasteiger partial charge in [-0.15, -0.1) is 0 Å². The number of carbonyl (C=O) groups excluding carboxylic acids is 1. The molecule has 0 saturated heterocycles. The molecule has 0 heterocycles. The monoisotopic (exact) mass is 773 g/mol. The Morgan fingerprint density at radius 2 is 1.10 bits per heavy atom. The standard InChI is InChI=1S/C50H48N2O6/c1-5-7-29-57-41-23-17-37(18-24-41)52(38-19-25-42(26-20-38)58-30-8-6-2)40-22-28-44(46(54)32-40)48-49(55)47(50(48)56)43-27-21-39(31-45(43)53)51(35-13-9-33(3)10-14-35)36-15-11-34(4)12-16-36/h9-28,31-32H,5-8,29-30H2,1-4H3,(H2,53,54,55,56)/p+1. The summed E-state index contributed by atoms with van der Waals surface area (Å²) in [6.07, 6.45) is 9.03. The van der Waals surface area contributed by atoms with Gasteiger partial charge in [-0.25, -0.2) is 0 Å². The fraction of sp³-hybridized carbons (Fsp3) is 0.200. The summed E-state index contributed by atoms with van der Waals surface area (Å²) in [6, 6.07) is 36.8. The summed E-state index contributed by atoms with van der Waals surface area (Å²) < 4.78 is 13.8. The van der Waals surface area contributed by atoms with Gasteiger partial charge in [0.05, 0.1) is 30.4 Å². The molecule has 8 heteroatoms. The molecule has 0 amide bonds. The zero-order chi connectivity index (χ0) is 40.8. The fourth-order valence-corrected chi connectivity index (χ4v) is 6.98. The number of Topliss-reactive ketones (excluding diaryl/α,β-unsaturated/α-hetero) is 1. The molecule has 0 spiro atoms. The van der Waals surface area contributed by atoms with Crippen LogP contribution in [0.1, 0.15) is 56.2 Å². The molecule has 5 aromatic carbocycles. The number of aliphatic hydroxyl groups is 2. The number of carbonyl (C=O) groups is 1. The lowest BCUT2D eigenvalue weighted by Gasteiger charge is -2.28. The van der Waals surface area contributed by atoms with E-state index in [0.717, 1.165) is 71.1 Å². The van der Waals surface area contributed by atoms with E-state index in [9.17, 15) is 20.1 Å². The maximum absolute atomic E-state index is 13.8. The quantitative estimate of drug-likeness (QED) is 0.0586. The normalized spacial score (nSPS) is 14.9. The number of aryl methyl sites for hydroxylation is 2. The number of allylic oxidation sites excluding steroid dienone is 5. The van der Waals surface area contributed by atoms with Crippen LogP contribution in [-0.4, -0.2) is 40.0 Å². The molecule has 0 aliphatic heterocycles. The molecule has 0 atom stereocenters. The number of ether oxygens (including phenoxy) is 2. The smallest absolute Gasteiger partial charge is 0.215 e. The van der Waals surface area contributed by atoms with Crippen LogP contribution in [0.15, 0.2) is 156 Å². The third kappa shape index (κ3) is 8.32. The first-order valence-corrected chi connectivity index (χ1v) is 19.9. The molecule has 0 fully saturated rings. The van der Waals surface area contributed by atoms with Gasteiger partial charge in [0, 0.05) is 64.6 Å². The number of hydrogen-bond acceptors (Lipinski definition) is 7. The minimum absolute atomic E-state index is 0.0103. The molecule has 7 rings (SSSR count). The first-order chi connectivity index (χ1) is 28.2. The Hall–Kier alpha value is -6.80. The van der Waals surface area contributed by atoms with E-state index >= 15 is 0 Å². The predicted molar refractivity (Wildman–Crippen MR) is 234 cm³/mol. The number of aliphatic hydroxyl groups excluding tert-OH is 2. The second-order valence-corrected chi connectivity index (χ2v) is 14.6. The average Bonchev–Trinajstić information content (AvgIpc) is 3.23. The van der Waals surface area contributed by atoms with Gasteiger partial charge in [-0.3, -0.25) is 4.79 Å². The molecule has 0 bridgehead atoms. The largest absolute Gasteiger partial charge is 0.507 e. The third-order valence-corrected chi connectivity index (χ3v) is 10.3. The van der Waals surface area contributed by atoms with Crippen LogP contribution >= 0.6 is 0 Å². The maximum atomic E-state index is 13.8. The summed E-state index contributed by atoms with van der Waals surface area (Å²) in [5, 5.41) is 34.2. The van der Waals surface area contributed by atoms with Crippen molar-refractivity contribution >= 4 is 45.5 Å². The van der Waals surface area contributed by atoms with Crippen molar-refractivity contribution in [2.24, 2.45) is 0 Å². The van der Waals surface area contributed by atoms with E-state index in [-0.39, 0.29) is 39.6 Å². The molecule has 2 aliphatic rings. The van der Waals surface area contributed by atoms with Crippen LogP contribution in [0.25, 0.3) is 5.57 Å². The molecule has 58 heavy (non-hydrogen) atoms. The number of aromatic hydroxyl groups is 1. The van der Waals surface area contributed by atoms with Gasteiger partial charge in [0.15, 0.2) is 0 Å². The van der Waals surface area contributed by atoms with Crippen LogP contribution in [0.5, 0.6) is 17.2 Å².